The summed E-state index contributed by atoms with van der Waals surface area (Å²) in [5, 5.41) is 3.52. The Morgan fingerprint density at radius 2 is 1.75 bits per heavy atom. The van der Waals surface area contributed by atoms with Gasteiger partial charge in [0.25, 0.3) is 0 Å². The number of nitrogens with zero attached hydrogens (tertiary/aromatic N) is 2. The molecule has 0 radical (unpaired) electrons. The van der Waals surface area contributed by atoms with E-state index in [0.717, 1.165) is 31.4 Å². The molecular formula is C23H31F2N3. The van der Waals surface area contributed by atoms with Gasteiger partial charge in [-0.25, -0.2) is 8.78 Å². The molecular weight excluding hydrogens is 356 g/mol. The standard InChI is InChI=1S/C17H17F2N3.C4H8.C2H6/c18-13-1-2-16(17(19)5-13)12-4-15(8-20-7-12)22-9-11-3-14(10-22)21-6-11;1-2-4-3-1;1-2/h1-2,4-5,7-8,11,14,21H,3,6,9-10H2;1-4H2;1-2H3. The van der Waals surface area contributed by atoms with E-state index in [1.54, 1.807) is 6.20 Å². The van der Waals surface area contributed by atoms with Gasteiger partial charge in [-0.3, -0.25) is 4.98 Å². The van der Waals surface area contributed by atoms with E-state index >= 15 is 0 Å². The summed E-state index contributed by atoms with van der Waals surface area (Å²) in [5.41, 5.74) is 2.06. The Kier molecular flexibility index (Phi) is 7.37. The Hall–Kier alpha value is -2.01. The number of anilines is 1. The molecule has 5 rings (SSSR count). The number of rotatable bonds is 2. The van der Waals surface area contributed by atoms with Gasteiger partial charge in [0.1, 0.15) is 11.6 Å². The normalized spacial score (nSPS) is 22.4. The second-order valence-corrected chi connectivity index (χ2v) is 7.58. The second kappa shape index (κ2) is 9.97. The molecule has 2 bridgehead atoms. The Morgan fingerprint density at radius 1 is 1.00 bits per heavy atom. The number of pyridine rings is 1. The van der Waals surface area contributed by atoms with Crippen LogP contribution in [0.25, 0.3) is 11.1 Å². The zero-order valence-electron chi connectivity index (χ0n) is 16.9. The van der Waals surface area contributed by atoms with E-state index in [9.17, 15) is 8.78 Å². The van der Waals surface area contributed by atoms with Crippen molar-refractivity contribution in [1.82, 2.24) is 10.3 Å². The Balaban J connectivity index is 0.000000328. The summed E-state index contributed by atoms with van der Waals surface area (Å²) >= 11 is 0. The fourth-order valence-corrected chi connectivity index (χ4v) is 3.77. The highest BCUT2D eigenvalue weighted by Crippen LogP contribution is 2.30. The maximum atomic E-state index is 14.0. The highest BCUT2D eigenvalue weighted by molar-refractivity contribution is 5.67. The van der Waals surface area contributed by atoms with E-state index < -0.39 is 11.6 Å². The smallest absolute Gasteiger partial charge is 0.133 e. The summed E-state index contributed by atoms with van der Waals surface area (Å²) in [6, 6.07) is 6.12. The van der Waals surface area contributed by atoms with Crippen molar-refractivity contribution >= 4 is 5.69 Å². The predicted octanol–water partition coefficient (Wildman–Crippen LogP) is 5.41. The third-order valence-corrected chi connectivity index (χ3v) is 5.56. The van der Waals surface area contributed by atoms with Crippen LogP contribution in [0, 0.1) is 17.6 Å². The molecule has 5 heteroatoms. The summed E-state index contributed by atoms with van der Waals surface area (Å²) in [6.45, 7) is 7.02. The maximum Gasteiger partial charge on any atom is 0.133 e. The number of hydrogen-bond acceptors (Lipinski definition) is 3. The summed E-state index contributed by atoms with van der Waals surface area (Å²) < 4.78 is 27.0. The first-order chi connectivity index (χ1) is 13.7. The largest absolute Gasteiger partial charge is 0.368 e. The molecule has 28 heavy (non-hydrogen) atoms. The summed E-state index contributed by atoms with van der Waals surface area (Å²) in [7, 11) is 0. The molecule has 1 aromatic carbocycles. The van der Waals surface area contributed by atoms with Crippen LogP contribution in [-0.2, 0) is 0 Å². The highest BCUT2D eigenvalue weighted by Gasteiger charge is 2.32. The van der Waals surface area contributed by atoms with E-state index in [2.05, 4.69) is 15.2 Å². The zero-order valence-corrected chi connectivity index (χ0v) is 16.9. The van der Waals surface area contributed by atoms with Crippen molar-refractivity contribution in [2.24, 2.45) is 5.92 Å². The first-order valence-electron chi connectivity index (χ1n) is 10.6. The minimum Gasteiger partial charge on any atom is -0.368 e. The third-order valence-electron chi connectivity index (χ3n) is 5.56. The number of fused-ring (bicyclic) bond motifs is 2. The Morgan fingerprint density at radius 3 is 2.39 bits per heavy atom. The topological polar surface area (TPSA) is 28.2 Å². The summed E-state index contributed by atoms with van der Waals surface area (Å²) in [4.78, 5) is 6.55. The minimum absolute atomic E-state index is 0.383. The van der Waals surface area contributed by atoms with Gasteiger partial charge in [-0.05, 0) is 30.5 Å². The molecule has 3 heterocycles. The molecule has 3 nitrogen and oxygen atoms in total. The van der Waals surface area contributed by atoms with Crippen LogP contribution in [0.4, 0.5) is 14.5 Å². The van der Waals surface area contributed by atoms with Crippen molar-refractivity contribution in [2.45, 2.75) is 52.0 Å². The van der Waals surface area contributed by atoms with Crippen molar-refractivity contribution in [3.05, 3.63) is 48.3 Å². The molecule has 0 amide bonds. The quantitative estimate of drug-likeness (QED) is 0.747. The minimum atomic E-state index is -0.566. The van der Waals surface area contributed by atoms with Gasteiger partial charge in [0.2, 0.25) is 0 Å². The van der Waals surface area contributed by atoms with Crippen molar-refractivity contribution in [1.29, 1.82) is 0 Å². The lowest BCUT2D eigenvalue weighted by molar-refractivity contribution is 0.474. The van der Waals surface area contributed by atoms with Crippen LogP contribution < -0.4 is 10.2 Å². The molecule has 1 saturated carbocycles. The average molecular weight is 388 g/mol. The van der Waals surface area contributed by atoms with Gasteiger partial charge in [0.05, 0.1) is 11.9 Å². The molecule has 3 aliphatic rings. The number of nitrogens with one attached hydrogen (secondary N) is 1. The summed E-state index contributed by atoms with van der Waals surface area (Å²) in [6.07, 6.45) is 10.7. The van der Waals surface area contributed by atoms with E-state index in [1.165, 1.54) is 44.2 Å². The van der Waals surface area contributed by atoms with Gasteiger partial charge in [-0.15, -0.1) is 0 Å². The molecule has 152 valence electrons. The third kappa shape index (κ3) is 5.07. The van der Waals surface area contributed by atoms with Crippen molar-refractivity contribution in [3.8, 4) is 11.1 Å². The first kappa shape index (κ1) is 20.7. The van der Waals surface area contributed by atoms with Crippen molar-refractivity contribution in [3.63, 3.8) is 0 Å². The highest BCUT2D eigenvalue weighted by atomic mass is 19.1. The summed E-state index contributed by atoms with van der Waals surface area (Å²) in [5.74, 6) is -0.451. The molecule has 2 aromatic rings. The first-order valence-corrected chi connectivity index (χ1v) is 10.6. The van der Waals surface area contributed by atoms with E-state index in [0.29, 0.717) is 23.1 Å². The monoisotopic (exact) mass is 387 g/mol. The number of benzene rings is 1. The molecule has 0 spiro atoms. The molecule has 2 atom stereocenters. The molecule has 2 aliphatic heterocycles. The van der Waals surface area contributed by atoms with Crippen LogP contribution in [0.2, 0.25) is 0 Å². The molecule has 2 saturated heterocycles. The van der Waals surface area contributed by atoms with E-state index in [-0.39, 0.29) is 0 Å². The molecule has 1 aromatic heterocycles. The number of aromatic nitrogens is 1. The molecule has 1 aliphatic carbocycles. The second-order valence-electron chi connectivity index (χ2n) is 7.58. The van der Waals surface area contributed by atoms with Crippen LogP contribution in [-0.4, -0.2) is 30.7 Å². The van der Waals surface area contributed by atoms with E-state index in [4.69, 9.17) is 0 Å². The zero-order chi connectivity index (χ0) is 19.9. The Labute approximate surface area is 167 Å². The molecule has 1 N–H and O–H groups in total. The number of hydrogen-bond donors (Lipinski definition) is 1. The van der Waals surface area contributed by atoms with Crippen molar-refractivity contribution in [2.75, 3.05) is 24.5 Å². The van der Waals surface area contributed by atoms with Gasteiger partial charge in [-0.2, -0.15) is 0 Å². The molecule has 2 unspecified atom stereocenters. The van der Waals surface area contributed by atoms with Crippen LogP contribution in [0.15, 0.2) is 36.7 Å². The average Bonchev–Trinajstić information content (AvgIpc) is 3.00. The van der Waals surface area contributed by atoms with Gasteiger partial charge < -0.3 is 10.2 Å². The van der Waals surface area contributed by atoms with Gasteiger partial charge >= 0.3 is 0 Å². The molecule has 3 fully saturated rings. The Bertz CT molecular complexity index is 745. The fourth-order valence-electron chi connectivity index (χ4n) is 3.77. The van der Waals surface area contributed by atoms with Crippen LogP contribution in [0.5, 0.6) is 0 Å². The lowest BCUT2D eigenvalue weighted by Crippen LogP contribution is -2.41. The number of halogens is 2. The van der Waals surface area contributed by atoms with Gasteiger partial charge in [0, 0.05) is 49.1 Å². The van der Waals surface area contributed by atoms with Crippen LogP contribution in [0.1, 0.15) is 46.0 Å². The number of piperidine rings is 1. The lowest BCUT2D eigenvalue weighted by Gasteiger charge is -2.32. The van der Waals surface area contributed by atoms with Gasteiger partial charge in [-0.1, -0.05) is 39.5 Å². The van der Waals surface area contributed by atoms with Crippen molar-refractivity contribution < 1.29 is 8.78 Å². The van der Waals surface area contributed by atoms with E-state index in [1.807, 2.05) is 26.1 Å². The predicted molar refractivity (Wildman–Crippen MR) is 112 cm³/mol. The van der Waals surface area contributed by atoms with Crippen LogP contribution >= 0.6 is 0 Å². The lowest BCUT2D eigenvalue weighted by atomic mass is 9.99. The maximum absolute atomic E-state index is 14.0. The fraction of sp³-hybridized carbons (Fsp3) is 0.522. The SMILES string of the molecule is C1CCC1.CC.Fc1ccc(-c2cncc(N3CC4CNC(C4)C3)c2)c(F)c1. The van der Waals surface area contributed by atoms with Gasteiger partial charge in [0.15, 0.2) is 0 Å². The van der Waals surface area contributed by atoms with Crippen LogP contribution in [0.3, 0.4) is 0 Å².